The van der Waals surface area contributed by atoms with Crippen LogP contribution in [0, 0.1) is 23.2 Å². The zero-order valence-corrected chi connectivity index (χ0v) is 7.63. The first-order chi connectivity index (χ1) is 5.86. The summed E-state index contributed by atoms with van der Waals surface area (Å²) in [6.07, 6.45) is 9.07. The molecule has 0 heterocycles. The number of nitriles is 1. The summed E-state index contributed by atoms with van der Waals surface area (Å²) in [6.45, 7) is 3.76. The lowest BCUT2D eigenvalue weighted by atomic mass is 9.79. The Morgan fingerprint density at radius 1 is 1.25 bits per heavy atom. The van der Waals surface area contributed by atoms with Crippen molar-refractivity contribution >= 4 is 0 Å². The number of nitrogens with zero attached hydrogens (tertiary/aromatic N) is 1. The molecule has 0 saturated heterocycles. The molecule has 0 bridgehead atoms. The predicted octanol–water partition coefficient (Wildman–Crippen LogP) is 3.28. The summed E-state index contributed by atoms with van der Waals surface area (Å²) in [5.41, 5.74) is 0. The summed E-state index contributed by atoms with van der Waals surface area (Å²) in [5.74, 6) is 1.55. The summed E-state index contributed by atoms with van der Waals surface area (Å²) in [7, 11) is 0. The molecule has 0 aromatic rings. The molecule has 1 nitrogen and oxygen atoms in total. The van der Waals surface area contributed by atoms with Crippen molar-refractivity contribution in [2.45, 2.75) is 38.5 Å². The fourth-order valence-corrected chi connectivity index (χ4v) is 2.04. The first-order valence-corrected chi connectivity index (χ1v) is 4.84. The molecule has 12 heavy (non-hydrogen) atoms. The lowest BCUT2D eigenvalue weighted by Gasteiger charge is -2.26. The van der Waals surface area contributed by atoms with E-state index in [0.717, 1.165) is 12.3 Å². The zero-order chi connectivity index (χ0) is 8.81. The third kappa shape index (κ3) is 2.70. The van der Waals surface area contributed by atoms with Gasteiger partial charge in [-0.05, 0) is 43.9 Å². The minimum atomic E-state index is 0.691. The van der Waals surface area contributed by atoms with Crippen molar-refractivity contribution in [2.24, 2.45) is 11.8 Å². The van der Waals surface area contributed by atoms with Crippen LogP contribution in [0.25, 0.3) is 0 Å². The van der Waals surface area contributed by atoms with E-state index in [0.29, 0.717) is 5.92 Å². The highest BCUT2D eigenvalue weighted by molar-refractivity contribution is 4.83. The Labute approximate surface area is 75.1 Å². The van der Waals surface area contributed by atoms with Crippen LogP contribution in [0.1, 0.15) is 38.5 Å². The van der Waals surface area contributed by atoms with Crippen molar-refractivity contribution in [3.8, 4) is 6.07 Å². The number of allylic oxidation sites excluding steroid dienone is 1. The van der Waals surface area contributed by atoms with Gasteiger partial charge in [-0.1, -0.05) is 6.08 Å². The molecule has 0 radical (unpaired) electrons. The molecule has 0 aliphatic heterocycles. The second-order valence-electron chi connectivity index (χ2n) is 3.77. The van der Waals surface area contributed by atoms with Crippen molar-refractivity contribution < 1.29 is 0 Å². The minimum Gasteiger partial charge on any atom is -0.198 e. The standard InChI is InChI=1S/C11H17N/c1-2-3-10-4-6-11(7-5-10)8-9-12/h2,10-11H,1,3-8H2. The van der Waals surface area contributed by atoms with Gasteiger partial charge in [0.05, 0.1) is 6.07 Å². The number of hydrogen-bond acceptors (Lipinski definition) is 1. The van der Waals surface area contributed by atoms with Gasteiger partial charge in [-0.25, -0.2) is 0 Å². The van der Waals surface area contributed by atoms with Gasteiger partial charge in [-0.3, -0.25) is 0 Å². The van der Waals surface area contributed by atoms with Crippen LogP contribution in [0.3, 0.4) is 0 Å². The molecule has 66 valence electrons. The average molecular weight is 163 g/mol. The molecule has 0 amide bonds. The van der Waals surface area contributed by atoms with E-state index in [-0.39, 0.29) is 0 Å². The Balaban J connectivity index is 2.21. The van der Waals surface area contributed by atoms with E-state index in [1.54, 1.807) is 0 Å². The quantitative estimate of drug-likeness (QED) is 0.586. The van der Waals surface area contributed by atoms with Gasteiger partial charge in [0.25, 0.3) is 0 Å². The highest BCUT2D eigenvalue weighted by atomic mass is 14.3. The summed E-state index contributed by atoms with van der Waals surface area (Å²) < 4.78 is 0. The highest BCUT2D eigenvalue weighted by Gasteiger charge is 2.19. The summed E-state index contributed by atoms with van der Waals surface area (Å²) in [6, 6.07) is 2.26. The molecule has 1 fully saturated rings. The molecule has 0 N–H and O–H groups in total. The normalized spacial score (nSPS) is 29.2. The molecule has 1 heteroatoms. The van der Waals surface area contributed by atoms with Crippen molar-refractivity contribution in [1.82, 2.24) is 0 Å². The predicted molar refractivity (Wildman–Crippen MR) is 50.5 cm³/mol. The molecular formula is C11H17N. The molecule has 0 unspecified atom stereocenters. The minimum absolute atomic E-state index is 0.691. The number of hydrogen-bond donors (Lipinski definition) is 0. The second-order valence-corrected chi connectivity index (χ2v) is 3.77. The Morgan fingerprint density at radius 3 is 2.33 bits per heavy atom. The molecule has 1 rings (SSSR count). The van der Waals surface area contributed by atoms with E-state index < -0.39 is 0 Å². The van der Waals surface area contributed by atoms with Crippen LogP contribution in [0.5, 0.6) is 0 Å². The molecule has 1 saturated carbocycles. The Kier molecular flexibility index (Phi) is 3.87. The highest BCUT2D eigenvalue weighted by Crippen LogP contribution is 2.32. The van der Waals surface area contributed by atoms with Gasteiger partial charge in [0.2, 0.25) is 0 Å². The van der Waals surface area contributed by atoms with Gasteiger partial charge in [0.15, 0.2) is 0 Å². The van der Waals surface area contributed by atoms with Crippen LogP contribution in [-0.4, -0.2) is 0 Å². The lowest BCUT2D eigenvalue weighted by Crippen LogP contribution is -2.13. The lowest BCUT2D eigenvalue weighted by molar-refractivity contribution is 0.279. The topological polar surface area (TPSA) is 23.8 Å². The smallest absolute Gasteiger partial charge is 0.0624 e. The fraction of sp³-hybridized carbons (Fsp3) is 0.727. The zero-order valence-electron chi connectivity index (χ0n) is 7.63. The van der Waals surface area contributed by atoms with E-state index >= 15 is 0 Å². The van der Waals surface area contributed by atoms with E-state index in [4.69, 9.17) is 5.26 Å². The molecule has 1 aliphatic rings. The first kappa shape index (κ1) is 9.32. The van der Waals surface area contributed by atoms with Gasteiger partial charge in [-0.2, -0.15) is 5.26 Å². The Morgan fingerprint density at radius 2 is 1.83 bits per heavy atom. The molecule has 0 atom stereocenters. The maximum atomic E-state index is 8.52. The number of rotatable bonds is 3. The second kappa shape index (κ2) is 4.98. The molecule has 1 aliphatic carbocycles. The molecule has 0 aromatic heterocycles. The van der Waals surface area contributed by atoms with Crippen molar-refractivity contribution in [2.75, 3.05) is 0 Å². The molecule has 0 spiro atoms. The van der Waals surface area contributed by atoms with Crippen molar-refractivity contribution in [3.63, 3.8) is 0 Å². The third-order valence-electron chi connectivity index (χ3n) is 2.85. The summed E-state index contributed by atoms with van der Waals surface area (Å²) in [4.78, 5) is 0. The van der Waals surface area contributed by atoms with Crippen LogP contribution in [-0.2, 0) is 0 Å². The van der Waals surface area contributed by atoms with E-state index in [2.05, 4.69) is 12.6 Å². The van der Waals surface area contributed by atoms with Crippen LogP contribution < -0.4 is 0 Å². The first-order valence-electron chi connectivity index (χ1n) is 4.84. The monoisotopic (exact) mass is 163 g/mol. The van der Waals surface area contributed by atoms with Crippen molar-refractivity contribution in [3.05, 3.63) is 12.7 Å². The SMILES string of the molecule is C=CCC1CCC(CC#N)CC1. The average Bonchev–Trinajstić information content (AvgIpc) is 2.09. The van der Waals surface area contributed by atoms with Crippen LogP contribution in [0.15, 0.2) is 12.7 Å². The Hall–Kier alpha value is -0.770. The van der Waals surface area contributed by atoms with Gasteiger partial charge in [-0.15, -0.1) is 6.58 Å². The summed E-state index contributed by atoms with van der Waals surface area (Å²) >= 11 is 0. The summed E-state index contributed by atoms with van der Waals surface area (Å²) in [5, 5.41) is 8.52. The van der Waals surface area contributed by atoms with E-state index in [1.165, 1.54) is 32.1 Å². The van der Waals surface area contributed by atoms with Gasteiger partial charge >= 0.3 is 0 Å². The van der Waals surface area contributed by atoms with E-state index in [1.807, 2.05) is 6.08 Å². The van der Waals surface area contributed by atoms with Crippen LogP contribution in [0.4, 0.5) is 0 Å². The van der Waals surface area contributed by atoms with E-state index in [9.17, 15) is 0 Å². The van der Waals surface area contributed by atoms with Gasteiger partial charge in [0.1, 0.15) is 0 Å². The van der Waals surface area contributed by atoms with Crippen molar-refractivity contribution in [1.29, 1.82) is 5.26 Å². The third-order valence-corrected chi connectivity index (χ3v) is 2.85. The largest absolute Gasteiger partial charge is 0.198 e. The maximum Gasteiger partial charge on any atom is 0.0624 e. The molecule has 0 aromatic carbocycles. The van der Waals surface area contributed by atoms with Gasteiger partial charge in [0, 0.05) is 6.42 Å². The van der Waals surface area contributed by atoms with Gasteiger partial charge < -0.3 is 0 Å². The van der Waals surface area contributed by atoms with Crippen LogP contribution in [0.2, 0.25) is 0 Å². The fourth-order valence-electron chi connectivity index (χ4n) is 2.04. The maximum absolute atomic E-state index is 8.52. The van der Waals surface area contributed by atoms with Crippen LogP contribution >= 0.6 is 0 Å². The molecular weight excluding hydrogens is 146 g/mol. The Bertz CT molecular complexity index is 170.